The monoisotopic (exact) mass is 371 g/mol. The van der Waals surface area contributed by atoms with Crippen molar-refractivity contribution < 1.29 is 14.2 Å². The van der Waals surface area contributed by atoms with E-state index in [2.05, 4.69) is 6.92 Å². The molecule has 0 amide bonds. The molecule has 0 saturated heterocycles. The molecule has 1 heterocycles. The number of benzene rings is 2. The zero-order valence-corrected chi connectivity index (χ0v) is 15.8. The van der Waals surface area contributed by atoms with E-state index < -0.39 is 0 Å². The number of rotatable bonds is 8. The minimum absolute atomic E-state index is 0.423. The summed E-state index contributed by atoms with van der Waals surface area (Å²) in [5.41, 5.74) is 2.56. The topological polar surface area (TPSA) is 40.6 Å². The van der Waals surface area contributed by atoms with E-state index in [0.717, 1.165) is 40.1 Å². The fraction of sp³-hybridized carbons (Fsp3) is 0.286. The van der Waals surface area contributed by atoms with Gasteiger partial charge in [-0.05, 0) is 42.8 Å². The highest BCUT2D eigenvalue weighted by molar-refractivity contribution is 6.18. The number of aromatic nitrogens is 1. The third kappa shape index (κ3) is 4.02. The van der Waals surface area contributed by atoms with E-state index >= 15 is 0 Å². The van der Waals surface area contributed by atoms with Crippen molar-refractivity contribution in [2.75, 3.05) is 26.2 Å². The van der Waals surface area contributed by atoms with Gasteiger partial charge >= 0.3 is 0 Å². The van der Waals surface area contributed by atoms with Crippen LogP contribution in [0.1, 0.15) is 13.3 Å². The van der Waals surface area contributed by atoms with Gasteiger partial charge in [-0.1, -0.05) is 13.0 Å². The van der Waals surface area contributed by atoms with E-state index in [9.17, 15) is 0 Å². The van der Waals surface area contributed by atoms with Crippen LogP contribution in [-0.4, -0.2) is 31.2 Å². The van der Waals surface area contributed by atoms with Gasteiger partial charge < -0.3 is 14.2 Å². The maximum atomic E-state index is 5.85. The van der Waals surface area contributed by atoms with Crippen LogP contribution in [0.4, 0.5) is 0 Å². The van der Waals surface area contributed by atoms with Crippen LogP contribution >= 0.6 is 11.6 Å². The fourth-order valence-electron chi connectivity index (χ4n) is 2.71. The molecule has 1 aromatic heterocycles. The highest BCUT2D eigenvalue weighted by Gasteiger charge is 2.12. The second-order valence-corrected chi connectivity index (χ2v) is 6.15. The van der Waals surface area contributed by atoms with Crippen LogP contribution in [-0.2, 0) is 0 Å². The number of halogens is 1. The molecule has 3 rings (SSSR count). The Labute approximate surface area is 158 Å². The lowest BCUT2D eigenvalue weighted by molar-refractivity contribution is 0.317. The van der Waals surface area contributed by atoms with E-state index in [1.165, 1.54) is 0 Å². The van der Waals surface area contributed by atoms with Gasteiger partial charge in [0, 0.05) is 17.0 Å². The van der Waals surface area contributed by atoms with Gasteiger partial charge in [-0.25, -0.2) is 4.98 Å². The molecule has 5 heteroatoms. The highest BCUT2D eigenvalue weighted by Crippen LogP contribution is 2.35. The summed E-state index contributed by atoms with van der Waals surface area (Å²) in [7, 11) is 1.64. The number of fused-ring (bicyclic) bond motifs is 1. The molecule has 0 atom stereocenters. The standard InChI is InChI=1S/C21H22ClNO3/c1-3-12-25-16-9-7-15(8-10-16)18-14-20(26-13-11-22)17-5-4-6-19(24-2)21(17)23-18/h4-10,14H,3,11-13H2,1-2H3. The van der Waals surface area contributed by atoms with Crippen molar-refractivity contribution in [2.24, 2.45) is 0 Å². The predicted octanol–water partition coefficient (Wildman–Crippen LogP) is 5.32. The number of methoxy groups -OCH3 is 1. The second-order valence-electron chi connectivity index (χ2n) is 5.77. The van der Waals surface area contributed by atoms with E-state index in [-0.39, 0.29) is 0 Å². The Bertz CT molecular complexity index is 865. The van der Waals surface area contributed by atoms with Crippen LogP contribution in [0.15, 0.2) is 48.5 Å². The first-order valence-corrected chi connectivity index (χ1v) is 9.20. The van der Waals surface area contributed by atoms with Crippen LogP contribution in [0.25, 0.3) is 22.2 Å². The lowest BCUT2D eigenvalue weighted by Crippen LogP contribution is -2.01. The molecule has 0 N–H and O–H groups in total. The van der Waals surface area contributed by atoms with E-state index in [0.29, 0.717) is 24.8 Å². The normalized spacial score (nSPS) is 10.7. The maximum absolute atomic E-state index is 5.85. The van der Waals surface area contributed by atoms with Gasteiger partial charge in [-0.3, -0.25) is 0 Å². The largest absolute Gasteiger partial charge is 0.494 e. The smallest absolute Gasteiger partial charge is 0.145 e. The summed E-state index contributed by atoms with van der Waals surface area (Å²) in [4.78, 5) is 4.80. The van der Waals surface area contributed by atoms with Crippen molar-refractivity contribution in [1.82, 2.24) is 4.98 Å². The second kappa shape index (κ2) is 8.77. The van der Waals surface area contributed by atoms with Crippen molar-refractivity contribution in [3.8, 4) is 28.5 Å². The van der Waals surface area contributed by atoms with Crippen LogP contribution in [0.2, 0.25) is 0 Å². The average Bonchev–Trinajstić information content (AvgIpc) is 2.70. The van der Waals surface area contributed by atoms with Crippen LogP contribution in [0, 0.1) is 0 Å². The van der Waals surface area contributed by atoms with Crippen molar-refractivity contribution in [1.29, 1.82) is 0 Å². The molecular formula is C21H22ClNO3. The molecule has 0 aliphatic rings. The first-order chi connectivity index (χ1) is 12.8. The third-order valence-electron chi connectivity index (χ3n) is 3.94. The summed E-state index contributed by atoms with van der Waals surface area (Å²) >= 11 is 5.80. The molecule has 0 bridgehead atoms. The number of pyridine rings is 1. The lowest BCUT2D eigenvalue weighted by Gasteiger charge is -2.13. The average molecular weight is 372 g/mol. The minimum Gasteiger partial charge on any atom is -0.494 e. The van der Waals surface area contributed by atoms with Gasteiger partial charge in [0.2, 0.25) is 0 Å². The van der Waals surface area contributed by atoms with E-state index in [1.807, 2.05) is 48.5 Å². The number of hydrogen-bond donors (Lipinski definition) is 0. The quantitative estimate of drug-likeness (QED) is 0.503. The number of alkyl halides is 1. The molecular weight excluding hydrogens is 350 g/mol. The maximum Gasteiger partial charge on any atom is 0.145 e. The van der Waals surface area contributed by atoms with Crippen molar-refractivity contribution in [3.05, 3.63) is 48.5 Å². The van der Waals surface area contributed by atoms with E-state index in [1.54, 1.807) is 7.11 Å². The summed E-state index contributed by atoms with van der Waals surface area (Å²) in [6.45, 7) is 3.23. The Kier molecular flexibility index (Phi) is 6.18. The molecule has 0 fully saturated rings. The van der Waals surface area contributed by atoms with Crippen LogP contribution in [0.3, 0.4) is 0 Å². The summed E-state index contributed by atoms with van der Waals surface area (Å²) < 4.78 is 17.0. The van der Waals surface area contributed by atoms with Gasteiger partial charge in [0.15, 0.2) is 0 Å². The van der Waals surface area contributed by atoms with Crippen molar-refractivity contribution >= 4 is 22.5 Å². The van der Waals surface area contributed by atoms with Crippen LogP contribution in [0.5, 0.6) is 17.2 Å². The molecule has 0 spiro atoms. The van der Waals surface area contributed by atoms with Gasteiger partial charge in [-0.2, -0.15) is 0 Å². The number of nitrogens with zero attached hydrogens (tertiary/aromatic N) is 1. The fourth-order valence-corrected chi connectivity index (χ4v) is 2.79. The number of para-hydroxylation sites is 1. The number of hydrogen-bond acceptors (Lipinski definition) is 4. The molecule has 0 radical (unpaired) electrons. The zero-order chi connectivity index (χ0) is 18.4. The molecule has 26 heavy (non-hydrogen) atoms. The van der Waals surface area contributed by atoms with E-state index in [4.69, 9.17) is 30.8 Å². The molecule has 4 nitrogen and oxygen atoms in total. The Morgan fingerprint density at radius 1 is 0.962 bits per heavy atom. The Morgan fingerprint density at radius 3 is 2.46 bits per heavy atom. The SMILES string of the molecule is CCCOc1ccc(-c2cc(OCCCl)c3cccc(OC)c3n2)cc1. The summed E-state index contributed by atoms with van der Waals surface area (Å²) in [6, 6.07) is 15.6. The van der Waals surface area contributed by atoms with Gasteiger partial charge in [0.05, 0.1) is 25.3 Å². The first kappa shape index (κ1) is 18.3. The van der Waals surface area contributed by atoms with Gasteiger partial charge in [-0.15, -0.1) is 11.6 Å². The summed E-state index contributed by atoms with van der Waals surface area (Å²) in [5, 5.41) is 0.904. The molecule has 0 saturated carbocycles. The lowest BCUT2D eigenvalue weighted by atomic mass is 10.1. The molecule has 3 aromatic rings. The summed E-state index contributed by atoms with van der Waals surface area (Å²) in [5.74, 6) is 2.73. The molecule has 0 aliphatic heterocycles. The third-order valence-corrected chi connectivity index (χ3v) is 4.10. The van der Waals surface area contributed by atoms with Gasteiger partial charge in [0.1, 0.15) is 29.4 Å². The highest BCUT2D eigenvalue weighted by atomic mass is 35.5. The first-order valence-electron chi connectivity index (χ1n) is 8.66. The Morgan fingerprint density at radius 2 is 1.77 bits per heavy atom. The minimum atomic E-state index is 0.423. The molecule has 136 valence electrons. The number of ether oxygens (including phenoxy) is 3. The molecule has 2 aromatic carbocycles. The predicted molar refractivity (Wildman–Crippen MR) is 106 cm³/mol. The Hall–Kier alpha value is -2.46. The Balaban J connectivity index is 2.04. The van der Waals surface area contributed by atoms with Crippen molar-refractivity contribution in [3.63, 3.8) is 0 Å². The van der Waals surface area contributed by atoms with Crippen LogP contribution < -0.4 is 14.2 Å². The van der Waals surface area contributed by atoms with Crippen molar-refractivity contribution in [2.45, 2.75) is 13.3 Å². The molecule has 0 aliphatic carbocycles. The van der Waals surface area contributed by atoms with Gasteiger partial charge in [0.25, 0.3) is 0 Å². The molecule has 0 unspecified atom stereocenters. The summed E-state index contributed by atoms with van der Waals surface area (Å²) in [6.07, 6.45) is 0.981. The zero-order valence-electron chi connectivity index (χ0n) is 15.0.